The molecule has 0 aliphatic carbocycles. The first-order valence-electron chi connectivity index (χ1n) is 12.6. The van der Waals surface area contributed by atoms with Gasteiger partial charge in [-0.15, -0.1) is 10.2 Å². The number of hydrogen-bond donors (Lipinski definition) is 2. The summed E-state index contributed by atoms with van der Waals surface area (Å²) in [5, 5.41) is 9.12. The van der Waals surface area contributed by atoms with Crippen molar-refractivity contribution < 1.29 is 9.53 Å². The Kier molecular flexibility index (Phi) is 9.02. The highest BCUT2D eigenvalue weighted by atomic mass is 32.2. The minimum absolute atomic E-state index is 0.0446. The van der Waals surface area contributed by atoms with E-state index >= 15 is 0 Å². The molecule has 2 heterocycles. The maximum Gasteiger partial charge on any atom is 0.405 e. The monoisotopic (exact) mass is 524 g/mol. The second kappa shape index (κ2) is 11.6. The fraction of sp³-hybridized carbons (Fsp3) is 0.500. The third-order valence-corrected chi connectivity index (χ3v) is 7.30. The fourth-order valence-electron chi connectivity index (χ4n) is 4.38. The Hall–Kier alpha value is -2.91. The molecule has 3 aromatic rings. The molecule has 37 heavy (non-hydrogen) atoms. The minimum Gasteiger partial charge on any atom is -0.444 e. The van der Waals surface area contributed by atoms with E-state index in [0.717, 1.165) is 39.7 Å². The first kappa shape index (κ1) is 28.7. The van der Waals surface area contributed by atoms with Gasteiger partial charge in [0, 0.05) is 30.7 Å². The first-order chi connectivity index (χ1) is 17.3. The van der Waals surface area contributed by atoms with Gasteiger partial charge < -0.3 is 20.8 Å². The number of benzene rings is 1. The van der Waals surface area contributed by atoms with E-state index in [1.54, 1.807) is 18.1 Å². The van der Waals surface area contributed by atoms with Gasteiger partial charge in [0.05, 0.1) is 0 Å². The van der Waals surface area contributed by atoms with E-state index in [4.69, 9.17) is 21.2 Å². The van der Waals surface area contributed by atoms with Crippen LogP contribution in [-0.2, 0) is 36.9 Å². The van der Waals surface area contributed by atoms with Gasteiger partial charge in [-0.1, -0.05) is 56.8 Å². The van der Waals surface area contributed by atoms with Crippen LogP contribution in [0.1, 0.15) is 69.1 Å². The molecule has 0 radical (unpaired) electrons. The van der Waals surface area contributed by atoms with Crippen molar-refractivity contribution >= 4 is 17.9 Å². The molecule has 0 aliphatic heterocycles. The van der Waals surface area contributed by atoms with Crippen molar-refractivity contribution in [1.29, 1.82) is 0 Å². The average molecular weight is 525 g/mol. The molecule has 9 heteroatoms. The number of ether oxygens (including phenoxy) is 1. The number of pyridine rings is 1. The smallest absolute Gasteiger partial charge is 0.405 e. The fourth-order valence-corrected chi connectivity index (χ4v) is 5.37. The predicted molar refractivity (Wildman–Crippen MR) is 149 cm³/mol. The number of nitrogens with two attached hydrogens (primary N) is 2. The number of hydrogen-bond acceptors (Lipinski definition) is 7. The van der Waals surface area contributed by atoms with Crippen molar-refractivity contribution in [3.8, 4) is 11.1 Å². The summed E-state index contributed by atoms with van der Waals surface area (Å²) in [7, 11) is 1.94. The quantitative estimate of drug-likeness (QED) is 0.344. The van der Waals surface area contributed by atoms with Crippen molar-refractivity contribution in [2.75, 3.05) is 0 Å². The summed E-state index contributed by atoms with van der Waals surface area (Å²) in [6, 6.07) is 8.45. The van der Waals surface area contributed by atoms with Crippen LogP contribution in [0.5, 0.6) is 0 Å². The zero-order chi connectivity index (χ0) is 27.4. The van der Waals surface area contributed by atoms with Crippen LogP contribution in [0.15, 0.2) is 35.7 Å². The van der Waals surface area contributed by atoms with Gasteiger partial charge in [0.1, 0.15) is 11.9 Å². The Bertz CT molecular complexity index is 1230. The summed E-state index contributed by atoms with van der Waals surface area (Å²) >= 11 is 1.64. The number of aryl methyl sites for hydroxylation is 2. The molecule has 0 aliphatic rings. The second-order valence-electron chi connectivity index (χ2n) is 11.3. The zero-order valence-electron chi connectivity index (χ0n) is 23.1. The Balaban J connectivity index is 2.18. The van der Waals surface area contributed by atoms with Crippen LogP contribution in [-0.4, -0.2) is 31.4 Å². The molecule has 8 nitrogen and oxygen atoms in total. The molecule has 0 atom stereocenters. The summed E-state index contributed by atoms with van der Waals surface area (Å²) in [5.41, 5.74) is 18.4. The standard InChI is InChI=1S/C28H40N6O2S/c1-18-22(16-37-26-33-31-17-34(26)7)24(20-10-8-19(15-29)9-11-20)21(23(32-18)14-27(2,3)4)12-13-28(5,6)36-25(30)35/h8-11,17H,12-16,29H2,1-7H3,(H2,30,35). The Morgan fingerprint density at radius 1 is 1.11 bits per heavy atom. The summed E-state index contributed by atoms with van der Waals surface area (Å²) in [5.74, 6) is 0.698. The van der Waals surface area contributed by atoms with Crippen molar-refractivity contribution in [3.63, 3.8) is 0 Å². The molecule has 0 saturated carbocycles. The van der Waals surface area contributed by atoms with Crippen LogP contribution < -0.4 is 11.5 Å². The van der Waals surface area contributed by atoms with Gasteiger partial charge in [-0.2, -0.15) is 0 Å². The average Bonchev–Trinajstić information content (AvgIpc) is 3.20. The summed E-state index contributed by atoms with van der Waals surface area (Å²) in [6.45, 7) is 13.0. The van der Waals surface area contributed by atoms with E-state index in [9.17, 15) is 4.79 Å². The van der Waals surface area contributed by atoms with Crippen molar-refractivity contribution in [2.24, 2.45) is 23.9 Å². The lowest BCUT2D eigenvalue weighted by atomic mass is 9.83. The molecule has 4 N–H and O–H groups in total. The van der Waals surface area contributed by atoms with Gasteiger partial charge in [-0.3, -0.25) is 4.98 Å². The van der Waals surface area contributed by atoms with E-state index < -0.39 is 11.7 Å². The molecule has 0 spiro atoms. The van der Waals surface area contributed by atoms with Gasteiger partial charge >= 0.3 is 6.09 Å². The normalized spacial score (nSPS) is 12.1. The highest BCUT2D eigenvalue weighted by Crippen LogP contribution is 2.38. The lowest BCUT2D eigenvalue weighted by Crippen LogP contribution is -2.31. The Morgan fingerprint density at radius 3 is 2.32 bits per heavy atom. The molecule has 0 saturated heterocycles. The molecule has 200 valence electrons. The van der Waals surface area contributed by atoms with Crippen LogP contribution in [0.25, 0.3) is 11.1 Å². The molecule has 1 aromatic carbocycles. The number of carbonyl (C=O) groups excluding carboxylic acids is 1. The third kappa shape index (κ3) is 7.79. The number of primary amides is 1. The highest BCUT2D eigenvalue weighted by Gasteiger charge is 2.27. The molecule has 1 amide bonds. The van der Waals surface area contributed by atoms with E-state index in [2.05, 4.69) is 62.2 Å². The third-order valence-electron chi connectivity index (χ3n) is 6.24. The zero-order valence-corrected chi connectivity index (χ0v) is 23.9. The van der Waals surface area contributed by atoms with Gasteiger partial charge in [-0.05, 0) is 73.3 Å². The number of aromatic nitrogens is 4. The van der Waals surface area contributed by atoms with E-state index in [1.807, 2.05) is 25.5 Å². The van der Waals surface area contributed by atoms with Crippen LogP contribution in [0, 0.1) is 12.3 Å². The van der Waals surface area contributed by atoms with Gasteiger partial charge in [0.25, 0.3) is 0 Å². The maximum atomic E-state index is 11.5. The first-order valence-corrected chi connectivity index (χ1v) is 13.5. The molecule has 3 rings (SSSR count). The van der Waals surface area contributed by atoms with Crippen molar-refractivity contribution in [1.82, 2.24) is 19.7 Å². The molecular weight excluding hydrogens is 484 g/mol. The van der Waals surface area contributed by atoms with Gasteiger partial charge in [-0.25, -0.2) is 4.79 Å². The largest absolute Gasteiger partial charge is 0.444 e. The van der Waals surface area contributed by atoms with Gasteiger partial charge in [0.15, 0.2) is 5.16 Å². The lowest BCUT2D eigenvalue weighted by molar-refractivity contribution is 0.0394. The molecule has 0 fully saturated rings. The van der Waals surface area contributed by atoms with Crippen LogP contribution in [0.4, 0.5) is 4.79 Å². The molecule has 0 unspecified atom stereocenters. The second-order valence-corrected chi connectivity index (χ2v) is 12.3. The predicted octanol–water partition coefficient (Wildman–Crippen LogP) is 5.33. The summed E-state index contributed by atoms with van der Waals surface area (Å²) in [4.78, 5) is 16.7. The number of carbonyl (C=O) groups is 1. The Morgan fingerprint density at radius 2 is 1.78 bits per heavy atom. The summed E-state index contributed by atoms with van der Waals surface area (Å²) in [6.07, 6.45) is 3.07. The van der Waals surface area contributed by atoms with Crippen molar-refractivity contribution in [3.05, 3.63) is 58.7 Å². The number of amides is 1. The summed E-state index contributed by atoms with van der Waals surface area (Å²) < 4.78 is 7.34. The van der Waals surface area contributed by atoms with Crippen molar-refractivity contribution in [2.45, 2.75) is 83.9 Å². The van der Waals surface area contributed by atoms with Crippen LogP contribution in [0.2, 0.25) is 0 Å². The SMILES string of the molecule is Cc1nc(CC(C)(C)C)c(CCC(C)(C)OC(N)=O)c(-c2ccc(CN)cc2)c1CSc1nncn1C. The molecule has 2 aromatic heterocycles. The number of rotatable bonds is 10. The number of thioether (sulfide) groups is 1. The lowest BCUT2D eigenvalue weighted by Gasteiger charge is -2.28. The highest BCUT2D eigenvalue weighted by molar-refractivity contribution is 7.98. The van der Waals surface area contributed by atoms with Gasteiger partial charge in [0.2, 0.25) is 0 Å². The topological polar surface area (TPSA) is 122 Å². The van der Waals surface area contributed by atoms with E-state index in [0.29, 0.717) is 25.1 Å². The van der Waals surface area contributed by atoms with E-state index in [1.165, 1.54) is 11.1 Å². The van der Waals surface area contributed by atoms with Crippen LogP contribution >= 0.6 is 11.8 Å². The molecular formula is C28H40N6O2S. The Labute approximate surface area is 224 Å². The minimum atomic E-state index is -0.764. The van der Waals surface area contributed by atoms with E-state index in [-0.39, 0.29) is 5.41 Å². The maximum absolute atomic E-state index is 11.5. The van der Waals surface area contributed by atoms with Crippen LogP contribution in [0.3, 0.4) is 0 Å². The number of nitrogens with zero attached hydrogens (tertiary/aromatic N) is 4. The molecule has 0 bridgehead atoms.